The molecule has 2 aromatic carbocycles. The van der Waals surface area contributed by atoms with Crippen LogP contribution in [0.5, 0.6) is 0 Å². The van der Waals surface area contributed by atoms with E-state index in [1.165, 1.54) is 11.8 Å². The predicted molar refractivity (Wildman–Crippen MR) is 132 cm³/mol. The molecule has 0 radical (unpaired) electrons. The largest absolute Gasteiger partial charge is 0.461 e. The number of thioether (sulfide) groups is 1. The number of nitrogens with zero attached hydrogens (tertiary/aromatic N) is 4. The lowest BCUT2D eigenvalue weighted by Crippen LogP contribution is -2.28. The van der Waals surface area contributed by atoms with Gasteiger partial charge >= 0.3 is 5.97 Å². The average molecular weight is 461 g/mol. The fourth-order valence-corrected chi connectivity index (χ4v) is 4.40. The number of aliphatic imine (C=N–C) groups is 1. The van der Waals surface area contributed by atoms with Crippen molar-refractivity contribution in [3.8, 4) is 0 Å². The number of ether oxygens (including phenoxy) is 1. The molecule has 1 amide bonds. The molecule has 8 heteroatoms. The number of carbonyl (C=O) groups excluding carboxylic acids is 2. The fourth-order valence-electron chi connectivity index (χ4n) is 3.42. The summed E-state index contributed by atoms with van der Waals surface area (Å²) in [7, 11) is 0. The maximum absolute atomic E-state index is 13.4. The predicted octanol–water partition coefficient (Wildman–Crippen LogP) is 5.28. The molecular formula is C25H24N4O3S. The molecule has 7 nitrogen and oxygen atoms in total. The number of hydrogen-bond donors (Lipinski definition) is 0. The number of esters is 1. The van der Waals surface area contributed by atoms with Crippen LogP contribution in [0.1, 0.15) is 36.3 Å². The second-order valence-corrected chi connectivity index (χ2v) is 8.23. The summed E-state index contributed by atoms with van der Waals surface area (Å²) in [6.45, 7) is 4.64. The summed E-state index contributed by atoms with van der Waals surface area (Å²) in [4.78, 5) is 37.2. The Morgan fingerprint density at radius 2 is 1.79 bits per heavy atom. The van der Waals surface area contributed by atoms with Gasteiger partial charge in [-0.1, -0.05) is 55.5 Å². The van der Waals surface area contributed by atoms with Crippen molar-refractivity contribution in [2.45, 2.75) is 26.8 Å². The van der Waals surface area contributed by atoms with Gasteiger partial charge in [0.25, 0.3) is 5.91 Å². The van der Waals surface area contributed by atoms with Crippen LogP contribution in [0, 0.1) is 0 Å². The number of rotatable bonds is 7. The van der Waals surface area contributed by atoms with E-state index in [2.05, 4.69) is 9.98 Å². The monoisotopic (exact) mass is 460 g/mol. The molecule has 3 aromatic rings. The van der Waals surface area contributed by atoms with Gasteiger partial charge in [-0.15, -0.1) is 0 Å². The number of amides is 1. The lowest BCUT2D eigenvalue weighted by molar-refractivity contribution is -0.113. The number of benzene rings is 2. The second-order valence-electron chi connectivity index (χ2n) is 7.22. The number of aromatic nitrogens is 2. The lowest BCUT2D eigenvalue weighted by atomic mass is 10.2. The van der Waals surface area contributed by atoms with Gasteiger partial charge in [0.05, 0.1) is 23.5 Å². The van der Waals surface area contributed by atoms with Crippen LogP contribution in [0.2, 0.25) is 0 Å². The first kappa shape index (κ1) is 22.5. The van der Waals surface area contributed by atoms with Crippen LogP contribution in [0.4, 0.5) is 11.5 Å². The molecule has 0 spiro atoms. The second kappa shape index (κ2) is 10.3. The topological polar surface area (TPSA) is 76.8 Å². The van der Waals surface area contributed by atoms with E-state index in [0.717, 1.165) is 12.0 Å². The zero-order chi connectivity index (χ0) is 23.2. The molecular weight excluding hydrogens is 436 g/mol. The Balaban J connectivity index is 1.80. The van der Waals surface area contributed by atoms with E-state index in [1.807, 2.05) is 73.7 Å². The van der Waals surface area contributed by atoms with Gasteiger partial charge in [0.2, 0.25) is 0 Å². The van der Waals surface area contributed by atoms with Crippen molar-refractivity contribution in [1.82, 2.24) is 9.55 Å². The summed E-state index contributed by atoms with van der Waals surface area (Å²) in [6, 6.07) is 19.0. The van der Waals surface area contributed by atoms with Crippen molar-refractivity contribution in [3.05, 3.63) is 83.2 Å². The highest BCUT2D eigenvalue weighted by molar-refractivity contribution is 8.19. The average Bonchev–Trinajstić information content (AvgIpc) is 3.36. The zero-order valence-corrected chi connectivity index (χ0v) is 19.3. The summed E-state index contributed by atoms with van der Waals surface area (Å²) in [6.07, 6.45) is 4.25. The van der Waals surface area contributed by atoms with Gasteiger partial charge in [-0.2, -0.15) is 0 Å². The van der Waals surface area contributed by atoms with Gasteiger partial charge in [0.15, 0.2) is 16.7 Å². The van der Waals surface area contributed by atoms with Crippen LogP contribution in [-0.4, -0.2) is 33.2 Å². The molecule has 1 fully saturated rings. The highest BCUT2D eigenvalue weighted by Crippen LogP contribution is 2.37. The minimum Gasteiger partial charge on any atom is -0.461 e. The van der Waals surface area contributed by atoms with Gasteiger partial charge in [-0.25, -0.2) is 14.8 Å². The summed E-state index contributed by atoms with van der Waals surface area (Å²) < 4.78 is 6.99. The van der Waals surface area contributed by atoms with E-state index in [1.54, 1.807) is 22.7 Å². The number of imidazole rings is 1. The number of para-hydroxylation sites is 1. The Hall–Kier alpha value is -3.65. The Labute approximate surface area is 196 Å². The van der Waals surface area contributed by atoms with Crippen molar-refractivity contribution in [3.63, 3.8) is 0 Å². The van der Waals surface area contributed by atoms with Crippen LogP contribution in [0.15, 0.2) is 76.9 Å². The first-order chi connectivity index (χ1) is 16.1. The fraction of sp³-hybridized carbons (Fsp3) is 0.200. The summed E-state index contributed by atoms with van der Waals surface area (Å²) in [5.41, 5.74) is 1.89. The van der Waals surface area contributed by atoms with Crippen LogP contribution in [0.25, 0.3) is 6.08 Å². The third-order valence-corrected chi connectivity index (χ3v) is 5.84. The first-order valence-electron chi connectivity index (χ1n) is 10.8. The van der Waals surface area contributed by atoms with E-state index >= 15 is 0 Å². The van der Waals surface area contributed by atoms with Crippen LogP contribution in [-0.2, 0) is 16.1 Å². The molecule has 0 bridgehead atoms. The minimum absolute atomic E-state index is 0.181. The molecule has 1 saturated heterocycles. The van der Waals surface area contributed by atoms with Crippen molar-refractivity contribution in [2.24, 2.45) is 4.99 Å². The van der Waals surface area contributed by atoms with Crippen molar-refractivity contribution in [1.29, 1.82) is 0 Å². The van der Waals surface area contributed by atoms with Gasteiger partial charge in [-0.05, 0) is 48.9 Å². The molecule has 0 saturated carbocycles. The Kier molecular flexibility index (Phi) is 7.04. The van der Waals surface area contributed by atoms with E-state index in [9.17, 15) is 9.59 Å². The quantitative estimate of drug-likeness (QED) is 0.354. The van der Waals surface area contributed by atoms with Crippen LogP contribution >= 0.6 is 11.8 Å². The molecule has 1 aliphatic rings. The highest BCUT2D eigenvalue weighted by Gasteiger charge is 2.35. The van der Waals surface area contributed by atoms with E-state index in [4.69, 9.17) is 4.74 Å². The zero-order valence-electron chi connectivity index (χ0n) is 18.5. The maximum atomic E-state index is 13.4. The molecule has 168 valence electrons. The van der Waals surface area contributed by atoms with Gasteiger partial charge in [0, 0.05) is 6.54 Å². The Morgan fingerprint density at radius 3 is 2.45 bits per heavy atom. The molecule has 0 N–H and O–H groups in total. The highest BCUT2D eigenvalue weighted by atomic mass is 32.2. The molecule has 1 aliphatic heterocycles. The standard InChI is InChI=1S/C25H24N4O3S/c1-3-15-28-17-26-22(21(28)24(31)32-4-2)27-25-29(19-13-9-6-10-14-19)23(30)20(33-25)16-18-11-7-5-8-12-18/h5-14,16-17H,3-4,15H2,1-2H3. The summed E-state index contributed by atoms with van der Waals surface area (Å²) in [5.74, 6) is -0.429. The molecule has 33 heavy (non-hydrogen) atoms. The third kappa shape index (κ3) is 4.90. The molecule has 0 atom stereocenters. The Bertz CT molecular complexity index is 1200. The van der Waals surface area contributed by atoms with Gasteiger partial charge in [-0.3, -0.25) is 9.69 Å². The normalized spacial score (nSPS) is 16.1. The van der Waals surface area contributed by atoms with E-state index < -0.39 is 5.97 Å². The maximum Gasteiger partial charge on any atom is 0.358 e. The van der Waals surface area contributed by atoms with E-state index in [0.29, 0.717) is 22.3 Å². The summed E-state index contributed by atoms with van der Waals surface area (Å²) in [5, 5.41) is 0.431. The first-order valence-corrected chi connectivity index (χ1v) is 11.6. The van der Waals surface area contributed by atoms with Crippen molar-refractivity contribution >= 4 is 46.4 Å². The number of aryl methyl sites for hydroxylation is 1. The lowest BCUT2D eigenvalue weighted by Gasteiger charge is -2.15. The number of hydrogen-bond acceptors (Lipinski definition) is 6. The molecule has 0 aliphatic carbocycles. The summed E-state index contributed by atoms with van der Waals surface area (Å²) >= 11 is 1.25. The molecule has 4 rings (SSSR count). The molecule has 2 heterocycles. The minimum atomic E-state index is -0.483. The SMILES string of the molecule is CCCn1cnc(N=C2SC(=Cc3ccccc3)C(=O)N2c2ccccc2)c1C(=O)OCC. The smallest absolute Gasteiger partial charge is 0.358 e. The van der Waals surface area contributed by atoms with E-state index in [-0.39, 0.29) is 24.0 Å². The third-order valence-electron chi connectivity index (χ3n) is 4.87. The van der Waals surface area contributed by atoms with Crippen molar-refractivity contribution < 1.29 is 14.3 Å². The van der Waals surface area contributed by atoms with Gasteiger partial charge < -0.3 is 9.30 Å². The van der Waals surface area contributed by atoms with Gasteiger partial charge in [0.1, 0.15) is 0 Å². The van der Waals surface area contributed by atoms with Crippen LogP contribution < -0.4 is 4.90 Å². The molecule has 0 unspecified atom stereocenters. The van der Waals surface area contributed by atoms with Crippen LogP contribution in [0.3, 0.4) is 0 Å². The number of anilines is 1. The Morgan fingerprint density at radius 1 is 1.09 bits per heavy atom. The van der Waals surface area contributed by atoms with Crippen molar-refractivity contribution in [2.75, 3.05) is 11.5 Å². The number of carbonyl (C=O) groups is 2. The number of amidine groups is 1. The molecule has 1 aromatic heterocycles.